The van der Waals surface area contributed by atoms with Gasteiger partial charge in [0, 0.05) is 5.56 Å². The van der Waals surface area contributed by atoms with Gasteiger partial charge in [0.15, 0.2) is 0 Å². The topological polar surface area (TPSA) is 44.0 Å². The van der Waals surface area contributed by atoms with Crippen LogP contribution in [0.1, 0.15) is 36.0 Å². The summed E-state index contributed by atoms with van der Waals surface area (Å²) in [5, 5.41) is 19.3. The van der Waals surface area contributed by atoms with E-state index in [2.05, 4.69) is 6.07 Å². The molecule has 1 aliphatic carbocycles. The maximum atomic E-state index is 13.6. The lowest BCUT2D eigenvalue weighted by Gasteiger charge is -2.37. The maximum absolute atomic E-state index is 13.6. The molecule has 0 aliphatic heterocycles. The summed E-state index contributed by atoms with van der Waals surface area (Å²) >= 11 is 0. The minimum Gasteiger partial charge on any atom is -0.507 e. The van der Waals surface area contributed by atoms with E-state index in [1.807, 2.05) is 0 Å². The van der Waals surface area contributed by atoms with Crippen molar-refractivity contribution in [1.29, 1.82) is 5.26 Å². The average Bonchev–Trinajstić information content (AvgIpc) is 2.19. The largest absolute Gasteiger partial charge is 0.507 e. The number of nitrogens with zero attached hydrogens (tertiary/aromatic N) is 1. The Kier molecular flexibility index (Phi) is 2.38. The summed E-state index contributed by atoms with van der Waals surface area (Å²) in [6.45, 7) is 3.28. The molecule has 2 rings (SSSR count). The lowest BCUT2D eigenvalue weighted by molar-refractivity contribution is 0.307. The van der Waals surface area contributed by atoms with Crippen LogP contribution in [0.3, 0.4) is 0 Å². The van der Waals surface area contributed by atoms with E-state index in [9.17, 15) is 14.8 Å². The number of phenolic OH excluding ortho intramolecular Hbond substituents is 1. The van der Waals surface area contributed by atoms with Gasteiger partial charge < -0.3 is 5.11 Å². The van der Waals surface area contributed by atoms with Crippen LogP contribution in [0.4, 0.5) is 4.39 Å². The molecular formula is C13H14FNO. The molecule has 1 aliphatic rings. The predicted octanol–water partition coefficient (Wildman–Crippen LogP) is 3.09. The van der Waals surface area contributed by atoms with Crippen LogP contribution in [-0.2, 0) is 5.41 Å². The predicted molar refractivity (Wildman–Crippen MR) is 58.7 cm³/mol. The third-order valence-electron chi connectivity index (χ3n) is 3.59. The van der Waals surface area contributed by atoms with Crippen LogP contribution in [-0.4, -0.2) is 5.11 Å². The normalized spacial score (nSPS) is 17.6. The smallest absolute Gasteiger partial charge is 0.126 e. The summed E-state index contributed by atoms with van der Waals surface area (Å²) in [5.74, 6) is -0.257. The van der Waals surface area contributed by atoms with E-state index in [1.54, 1.807) is 13.8 Å². The second-order valence-corrected chi connectivity index (χ2v) is 4.57. The van der Waals surface area contributed by atoms with Gasteiger partial charge in [-0.05, 0) is 50.3 Å². The van der Waals surface area contributed by atoms with Gasteiger partial charge in [0.05, 0.1) is 11.5 Å². The van der Waals surface area contributed by atoms with E-state index in [-0.39, 0.29) is 11.6 Å². The third kappa shape index (κ3) is 1.30. The van der Waals surface area contributed by atoms with E-state index < -0.39 is 5.41 Å². The van der Waals surface area contributed by atoms with Gasteiger partial charge in [0.2, 0.25) is 0 Å². The molecule has 3 heteroatoms. The van der Waals surface area contributed by atoms with Gasteiger partial charge in [-0.15, -0.1) is 0 Å². The number of aryl methyl sites for hydroxylation is 1. The van der Waals surface area contributed by atoms with Crippen molar-refractivity contribution in [2.24, 2.45) is 0 Å². The molecule has 1 saturated carbocycles. The lowest BCUT2D eigenvalue weighted by atomic mass is 9.64. The van der Waals surface area contributed by atoms with Crippen LogP contribution in [0.25, 0.3) is 0 Å². The maximum Gasteiger partial charge on any atom is 0.126 e. The summed E-state index contributed by atoms with van der Waals surface area (Å²) < 4.78 is 13.6. The highest BCUT2D eigenvalue weighted by Gasteiger charge is 2.42. The van der Waals surface area contributed by atoms with Gasteiger partial charge in [0.25, 0.3) is 0 Å². The molecule has 1 aromatic rings. The molecule has 0 amide bonds. The quantitative estimate of drug-likeness (QED) is 0.788. The van der Waals surface area contributed by atoms with Crippen molar-refractivity contribution in [1.82, 2.24) is 0 Å². The summed E-state index contributed by atoms with van der Waals surface area (Å²) in [5.41, 5.74) is 0.740. The van der Waals surface area contributed by atoms with Crippen LogP contribution < -0.4 is 0 Å². The first kappa shape index (κ1) is 10.9. The fourth-order valence-electron chi connectivity index (χ4n) is 2.39. The Labute approximate surface area is 94.3 Å². The van der Waals surface area contributed by atoms with Gasteiger partial charge in [-0.3, -0.25) is 0 Å². The molecule has 0 spiro atoms. The van der Waals surface area contributed by atoms with E-state index >= 15 is 0 Å². The molecule has 2 nitrogen and oxygen atoms in total. The van der Waals surface area contributed by atoms with Crippen LogP contribution in [0, 0.1) is 31.0 Å². The summed E-state index contributed by atoms with van der Waals surface area (Å²) in [6, 6.07) is 3.56. The molecule has 16 heavy (non-hydrogen) atoms. The number of rotatable bonds is 1. The fraction of sp³-hybridized carbons (Fsp3) is 0.462. The van der Waals surface area contributed by atoms with E-state index in [0.717, 1.165) is 6.42 Å². The van der Waals surface area contributed by atoms with Crippen molar-refractivity contribution in [2.45, 2.75) is 38.5 Å². The SMILES string of the molecule is Cc1cc(F)c(C)c(C2(C#N)CCC2)c1O. The number of hydrogen-bond acceptors (Lipinski definition) is 2. The van der Waals surface area contributed by atoms with Gasteiger partial charge in [-0.1, -0.05) is 0 Å². The third-order valence-corrected chi connectivity index (χ3v) is 3.59. The van der Waals surface area contributed by atoms with E-state index in [4.69, 9.17) is 0 Å². The van der Waals surface area contributed by atoms with Crippen LogP contribution >= 0.6 is 0 Å². The highest BCUT2D eigenvalue weighted by molar-refractivity contribution is 5.53. The number of hydrogen-bond donors (Lipinski definition) is 1. The van der Waals surface area contributed by atoms with Crippen molar-refractivity contribution < 1.29 is 9.50 Å². The monoisotopic (exact) mass is 219 g/mol. The zero-order chi connectivity index (χ0) is 11.9. The Morgan fingerprint density at radius 1 is 1.44 bits per heavy atom. The minimum absolute atomic E-state index is 0.0835. The van der Waals surface area contributed by atoms with Crippen LogP contribution in [0.2, 0.25) is 0 Å². The molecule has 84 valence electrons. The Morgan fingerprint density at radius 2 is 2.06 bits per heavy atom. The van der Waals surface area contributed by atoms with Crippen molar-refractivity contribution in [3.63, 3.8) is 0 Å². The number of aromatic hydroxyl groups is 1. The highest BCUT2D eigenvalue weighted by atomic mass is 19.1. The Bertz CT molecular complexity index is 457. The zero-order valence-electron chi connectivity index (χ0n) is 9.47. The molecule has 0 unspecified atom stereocenters. The molecule has 1 aromatic carbocycles. The summed E-state index contributed by atoms with van der Waals surface area (Å²) in [4.78, 5) is 0. The molecule has 0 heterocycles. The van der Waals surface area contributed by atoms with E-state index in [1.165, 1.54) is 6.07 Å². The molecule has 0 radical (unpaired) electrons. The minimum atomic E-state index is -0.666. The van der Waals surface area contributed by atoms with E-state index in [0.29, 0.717) is 29.5 Å². The molecule has 0 aromatic heterocycles. The molecule has 0 saturated heterocycles. The highest BCUT2D eigenvalue weighted by Crippen LogP contribution is 2.48. The number of nitriles is 1. The van der Waals surface area contributed by atoms with Crippen molar-refractivity contribution >= 4 is 0 Å². The van der Waals surface area contributed by atoms with Crippen LogP contribution in [0.15, 0.2) is 6.07 Å². The molecular weight excluding hydrogens is 205 g/mol. The molecule has 0 bridgehead atoms. The van der Waals surface area contributed by atoms with Crippen molar-refractivity contribution in [3.8, 4) is 11.8 Å². The summed E-state index contributed by atoms with van der Waals surface area (Å²) in [6.07, 6.45) is 2.38. The Balaban J connectivity index is 2.69. The zero-order valence-corrected chi connectivity index (χ0v) is 9.47. The summed E-state index contributed by atoms with van der Waals surface area (Å²) in [7, 11) is 0. The second-order valence-electron chi connectivity index (χ2n) is 4.57. The van der Waals surface area contributed by atoms with Crippen molar-refractivity contribution in [2.75, 3.05) is 0 Å². The second kappa shape index (κ2) is 3.48. The standard InChI is InChI=1S/C13H14FNO/c1-8-6-10(14)9(2)11(12(8)16)13(7-15)4-3-5-13/h6,16H,3-5H2,1-2H3. The van der Waals surface area contributed by atoms with Gasteiger partial charge in [-0.2, -0.15) is 5.26 Å². The van der Waals surface area contributed by atoms with Gasteiger partial charge in [-0.25, -0.2) is 4.39 Å². The average molecular weight is 219 g/mol. The molecule has 1 N–H and O–H groups in total. The van der Waals surface area contributed by atoms with Crippen molar-refractivity contribution in [3.05, 3.63) is 28.6 Å². The Morgan fingerprint density at radius 3 is 2.50 bits per heavy atom. The molecule has 0 atom stereocenters. The molecule has 1 fully saturated rings. The first-order valence-corrected chi connectivity index (χ1v) is 5.42. The lowest BCUT2D eigenvalue weighted by Crippen LogP contribution is -2.33. The number of phenols is 1. The fourth-order valence-corrected chi connectivity index (χ4v) is 2.39. The van der Waals surface area contributed by atoms with Gasteiger partial charge >= 0.3 is 0 Å². The first-order chi connectivity index (χ1) is 7.52. The van der Waals surface area contributed by atoms with Gasteiger partial charge in [0.1, 0.15) is 11.6 Å². The Hall–Kier alpha value is -1.56. The number of halogens is 1. The van der Waals surface area contributed by atoms with Crippen LogP contribution in [0.5, 0.6) is 5.75 Å². The number of benzene rings is 1. The first-order valence-electron chi connectivity index (χ1n) is 5.42.